The van der Waals surface area contributed by atoms with Crippen molar-refractivity contribution in [2.75, 3.05) is 23.9 Å². The lowest BCUT2D eigenvalue weighted by Crippen LogP contribution is -2.46. The van der Waals surface area contributed by atoms with Crippen LogP contribution in [0.25, 0.3) is 6.08 Å². The van der Waals surface area contributed by atoms with Crippen LogP contribution in [0.1, 0.15) is 44.6 Å². The highest BCUT2D eigenvalue weighted by Crippen LogP contribution is 2.51. The SMILES string of the molecule is CCC/C(=C\c1ccc(O)cc1Cl)CC[C@H]1OB(O)C[C@H]2C1=C(COC)C[C@H]1C(=O)N(c3ccc(Nc4ccccc4)cc3)C(=O)[C@H]12. The quantitative estimate of drug-likeness (QED) is 0.112. The molecule has 2 heterocycles. The van der Waals surface area contributed by atoms with Crippen LogP contribution in [0.4, 0.5) is 17.1 Å². The summed E-state index contributed by atoms with van der Waals surface area (Å²) in [6, 6.07) is 22.1. The van der Waals surface area contributed by atoms with Gasteiger partial charge in [0.05, 0.1) is 35.3 Å². The maximum atomic E-state index is 14.1. The van der Waals surface area contributed by atoms with Crippen LogP contribution in [0, 0.1) is 17.8 Å². The van der Waals surface area contributed by atoms with Gasteiger partial charge in [-0.1, -0.05) is 54.8 Å². The first-order valence-corrected chi connectivity index (χ1v) is 16.7. The molecule has 6 rings (SSSR count). The number of carbonyl (C=O) groups is 2. The Hall–Kier alpha value is -3.89. The molecule has 3 N–H and O–H groups in total. The van der Waals surface area contributed by atoms with Crippen molar-refractivity contribution in [3.05, 3.63) is 100 Å². The molecule has 0 saturated carbocycles. The molecule has 8 nitrogen and oxygen atoms in total. The van der Waals surface area contributed by atoms with E-state index in [1.807, 2.05) is 42.5 Å². The molecule has 2 aliphatic heterocycles. The molecule has 3 aromatic rings. The fraction of sp³-hybridized carbons (Fsp3) is 0.351. The normalized spacial score (nSPS) is 22.9. The number of aromatic hydroxyl groups is 1. The zero-order valence-electron chi connectivity index (χ0n) is 26.7. The van der Waals surface area contributed by atoms with Gasteiger partial charge >= 0.3 is 7.12 Å². The number of nitrogens with one attached hydrogen (secondary N) is 1. The van der Waals surface area contributed by atoms with Gasteiger partial charge in [0.2, 0.25) is 11.8 Å². The standard InChI is InChI=1S/C37H40BClN2O6/c1-3-7-23(18-24-11-16-29(42)20-32(24)39)10-17-33-34-25(22-46-2)19-30-35(31(34)21-38(45)47-33)37(44)41(36(30)43)28-14-12-27(13-15-28)40-26-8-5-4-6-9-26/h4-6,8-9,11-16,18,20,30-31,33,35,40,42,45H,3,7,10,17,19,21-22H2,1-2H3/b23-18+/t30-,31+,33-,35-/m1/s1. The fourth-order valence-corrected chi connectivity index (χ4v) is 7.70. The minimum absolute atomic E-state index is 0.114. The minimum Gasteiger partial charge on any atom is -0.508 e. The summed E-state index contributed by atoms with van der Waals surface area (Å²) in [5.74, 6) is -1.77. The summed E-state index contributed by atoms with van der Waals surface area (Å²) >= 11 is 6.41. The molecule has 3 aliphatic rings. The molecule has 10 heteroatoms. The summed E-state index contributed by atoms with van der Waals surface area (Å²) in [6.45, 7) is 2.44. The lowest BCUT2D eigenvalue weighted by molar-refractivity contribution is -0.122. The molecule has 0 radical (unpaired) electrons. The van der Waals surface area contributed by atoms with Crippen LogP contribution in [0.15, 0.2) is 89.5 Å². The highest BCUT2D eigenvalue weighted by atomic mass is 35.5. The molecule has 244 valence electrons. The number of carbonyl (C=O) groups excluding carboxylic acids is 2. The summed E-state index contributed by atoms with van der Waals surface area (Å²) in [6.07, 6.45) is 5.36. The van der Waals surface area contributed by atoms with Crippen LogP contribution in [0.5, 0.6) is 5.75 Å². The number of nitrogens with zero attached hydrogens (tertiary/aromatic N) is 1. The van der Waals surface area contributed by atoms with Crippen molar-refractivity contribution in [1.29, 1.82) is 0 Å². The van der Waals surface area contributed by atoms with Crippen LogP contribution >= 0.6 is 11.6 Å². The molecular weight excluding hydrogens is 615 g/mol. The molecule has 1 aliphatic carbocycles. The number of anilines is 3. The summed E-state index contributed by atoms with van der Waals surface area (Å²) in [4.78, 5) is 29.4. The Morgan fingerprint density at radius 3 is 2.49 bits per heavy atom. The number of allylic oxidation sites excluding steroid dienone is 1. The minimum atomic E-state index is -1.05. The number of imide groups is 1. The highest BCUT2D eigenvalue weighted by Gasteiger charge is 2.57. The Bertz CT molecular complexity index is 1680. The summed E-state index contributed by atoms with van der Waals surface area (Å²) in [5.41, 5.74) is 6.29. The smallest absolute Gasteiger partial charge is 0.455 e. The van der Waals surface area contributed by atoms with E-state index in [4.69, 9.17) is 21.0 Å². The number of phenolic OH excluding ortho intramolecular Hbond substituents is 1. The number of hydrogen-bond donors (Lipinski definition) is 3. The first-order chi connectivity index (χ1) is 22.8. The van der Waals surface area contributed by atoms with Gasteiger partial charge < -0.3 is 24.8 Å². The maximum absolute atomic E-state index is 14.1. The Morgan fingerprint density at radius 1 is 1.04 bits per heavy atom. The first kappa shape index (κ1) is 33.0. The predicted molar refractivity (Wildman–Crippen MR) is 186 cm³/mol. The first-order valence-electron chi connectivity index (χ1n) is 16.3. The van der Waals surface area contributed by atoms with Crippen LogP contribution in [-0.2, 0) is 19.0 Å². The van der Waals surface area contributed by atoms with Crippen molar-refractivity contribution in [3.63, 3.8) is 0 Å². The van der Waals surface area contributed by atoms with E-state index in [0.717, 1.165) is 40.9 Å². The fourth-order valence-electron chi connectivity index (χ4n) is 7.47. The van der Waals surface area contributed by atoms with E-state index in [1.54, 1.807) is 31.4 Å². The van der Waals surface area contributed by atoms with Gasteiger partial charge in [-0.2, -0.15) is 0 Å². The number of para-hydroxylation sites is 1. The second-order valence-electron chi connectivity index (χ2n) is 12.6. The van der Waals surface area contributed by atoms with Crippen molar-refractivity contribution in [3.8, 4) is 5.75 Å². The van der Waals surface area contributed by atoms with E-state index in [2.05, 4.69) is 18.3 Å². The molecule has 2 saturated heterocycles. The summed E-state index contributed by atoms with van der Waals surface area (Å²) in [5, 5.41) is 24.6. The van der Waals surface area contributed by atoms with Crippen LogP contribution in [0.3, 0.4) is 0 Å². The van der Waals surface area contributed by atoms with Gasteiger partial charge in [-0.15, -0.1) is 0 Å². The molecule has 4 atom stereocenters. The van der Waals surface area contributed by atoms with Crippen LogP contribution < -0.4 is 10.2 Å². The van der Waals surface area contributed by atoms with Crippen LogP contribution in [-0.4, -0.2) is 48.9 Å². The van der Waals surface area contributed by atoms with Crippen LogP contribution in [0.2, 0.25) is 11.3 Å². The number of halogens is 1. The molecule has 2 amide bonds. The average Bonchev–Trinajstić information content (AvgIpc) is 3.30. The molecule has 47 heavy (non-hydrogen) atoms. The lowest BCUT2D eigenvalue weighted by atomic mass is 9.58. The number of ether oxygens (including phenoxy) is 1. The monoisotopic (exact) mass is 654 g/mol. The molecule has 0 unspecified atom stereocenters. The number of methoxy groups -OCH3 is 1. The van der Waals surface area contributed by atoms with E-state index < -0.39 is 25.1 Å². The van der Waals surface area contributed by atoms with E-state index in [-0.39, 0.29) is 29.8 Å². The zero-order chi connectivity index (χ0) is 33.1. The summed E-state index contributed by atoms with van der Waals surface area (Å²) < 4.78 is 11.8. The largest absolute Gasteiger partial charge is 0.508 e. The van der Waals surface area contributed by atoms with Gasteiger partial charge in [0.1, 0.15) is 5.75 Å². The van der Waals surface area contributed by atoms with E-state index >= 15 is 0 Å². The number of benzene rings is 3. The van der Waals surface area contributed by atoms with Gasteiger partial charge in [0.25, 0.3) is 0 Å². The number of hydrogen-bond acceptors (Lipinski definition) is 7. The average molecular weight is 655 g/mol. The van der Waals surface area contributed by atoms with Crippen molar-refractivity contribution < 1.29 is 29.1 Å². The maximum Gasteiger partial charge on any atom is 0.455 e. The summed E-state index contributed by atoms with van der Waals surface area (Å²) in [7, 11) is 0.576. The van der Waals surface area contributed by atoms with Gasteiger partial charge in [-0.05, 0) is 109 Å². The van der Waals surface area contributed by atoms with E-state index in [1.165, 1.54) is 16.5 Å². The number of phenols is 1. The third-order valence-corrected chi connectivity index (χ3v) is 9.78. The number of amides is 2. The Kier molecular flexibility index (Phi) is 10.2. The second kappa shape index (κ2) is 14.5. The topological polar surface area (TPSA) is 108 Å². The Labute approximate surface area is 281 Å². The van der Waals surface area contributed by atoms with Crippen molar-refractivity contribution in [2.24, 2.45) is 17.8 Å². The third kappa shape index (κ3) is 7.04. The second-order valence-corrected chi connectivity index (χ2v) is 13.0. The number of fused-ring (bicyclic) bond motifs is 3. The molecule has 3 aromatic carbocycles. The molecule has 0 spiro atoms. The lowest BCUT2D eigenvalue weighted by Gasteiger charge is -2.43. The molecular formula is C37H40BClN2O6. The van der Waals surface area contributed by atoms with Gasteiger partial charge in [-0.3, -0.25) is 14.5 Å². The Balaban J connectivity index is 1.25. The number of rotatable bonds is 11. The highest BCUT2D eigenvalue weighted by molar-refractivity contribution is 6.43. The third-order valence-electron chi connectivity index (χ3n) is 9.46. The van der Waals surface area contributed by atoms with Gasteiger partial charge in [-0.25, -0.2) is 0 Å². The molecule has 0 aromatic heterocycles. The van der Waals surface area contributed by atoms with E-state index in [9.17, 15) is 19.7 Å². The van der Waals surface area contributed by atoms with Gasteiger partial charge in [0, 0.05) is 18.5 Å². The van der Waals surface area contributed by atoms with Crippen molar-refractivity contribution in [1.82, 2.24) is 0 Å². The van der Waals surface area contributed by atoms with Crippen molar-refractivity contribution in [2.45, 2.75) is 51.5 Å². The predicted octanol–water partition coefficient (Wildman–Crippen LogP) is 7.40. The molecule has 0 bridgehead atoms. The van der Waals surface area contributed by atoms with Gasteiger partial charge in [0.15, 0.2) is 0 Å². The zero-order valence-corrected chi connectivity index (χ0v) is 27.5. The van der Waals surface area contributed by atoms with E-state index in [0.29, 0.717) is 36.6 Å². The Morgan fingerprint density at radius 2 is 1.79 bits per heavy atom. The van der Waals surface area contributed by atoms with Crippen molar-refractivity contribution >= 4 is 53.7 Å². The molecule has 2 fully saturated rings.